The fourth-order valence-electron chi connectivity index (χ4n) is 4.01. The fraction of sp³-hybridized carbons (Fsp3) is 0.476. The number of rotatable bonds is 6. The summed E-state index contributed by atoms with van der Waals surface area (Å²) in [6.07, 6.45) is 2.54. The molecule has 0 saturated heterocycles. The van der Waals surface area contributed by atoms with Gasteiger partial charge in [0.2, 0.25) is 0 Å². The SMILES string of the molecule is COCCn1nc2c(c1C(=O)NCc1c(C)nc3ccccn13)C[C@H](C)O[C@@H]2C. The van der Waals surface area contributed by atoms with Gasteiger partial charge in [-0.05, 0) is 32.9 Å². The lowest BCUT2D eigenvalue weighted by Crippen LogP contribution is -2.29. The molecule has 4 rings (SSSR count). The summed E-state index contributed by atoms with van der Waals surface area (Å²) >= 11 is 0. The van der Waals surface area contributed by atoms with Gasteiger partial charge in [-0.2, -0.15) is 5.10 Å². The molecule has 2 atom stereocenters. The number of nitrogens with one attached hydrogen (secondary N) is 1. The summed E-state index contributed by atoms with van der Waals surface area (Å²) in [5, 5.41) is 7.75. The van der Waals surface area contributed by atoms with E-state index in [1.54, 1.807) is 11.8 Å². The predicted molar refractivity (Wildman–Crippen MR) is 108 cm³/mol. The largest absolute Gasteiger partial charge is 0.383 e. The Balaban J connectivity index is 1.63. The van der Waals surface area contributed by atoms with E-state index in [1.165, 1.54) is 0 Å². The van der Waals surface area contributed by atoms with E-state index >= 15 is 0 Å². The normalized spacial score (nSPS) is 18.8. The average Bonchev–Trinajstić information content (AvgIpc) is 3.21. The van der Waals surface area contributed by atoms with Gasteiger partial charge in [-0.1, -0.05) is 6.07 Å². The molecule has 29 heavy (non-hydrogen) atoms. The Labute approximate surface area is 169 Å². The van der Waals surface area contributed by atoms with Crippen LogP contribution in [0.25, 0.3) is 5.65 Å². The molecule has 1 aliphatic rings. The second kappa shape index (κ2) is 7.96. The Bertz CT molecular complexity index is 1040. The Morgan fingerprint density at radius 1 is 1.38 bits per heavy atom. The Hall–Kier alpha value is -2.71. The maximum atomic E-state index is 13.2. The highest BCUT2D eigenvalue weighted by Crippen LogP contribution is 2.31. The van der Waals surface area contributed by atoms with E-state index in [0.717, 1.165) is 28.3 Å². The van der Waals surface area contributed by atoms with Crippen molar-refractivity contribution < 1.29 is 14.3 Å². The van der Waals surface area contributed by atoms with Gasteiger partial charge in [-0.15, -0.1) is 0 Å². The lowest BCUT2D eigenvalue weighted by atomic mass is 9.99. The monoisotopic (exact) mass is 397 g/mol. The van der Waals surface area contributed by atoms with Gasteiger partial charge in [0, 0.05) is 25.3 Å². The first-order valence-electron chi connectivity index (χ1n) is 9.94. The van der Waals surface area contributed by atoms with E-state index in [2.05, 4.69) is 15.4 Å². The molecule has 0 saturated carbocycles. The van der Waals surface area contributed by atoms with Crippen molar-refractivity contribution in [2.24, 2.45) is 0 Å². The van der Waals surface area contributed by atoms with Gasteiger partial charge in [0.05, 0.1) is 49.0 Å². The summed E-state index contributed by atoms with van der Waals surface area (Å²) in [6.45, 7) is 7.35. The van der Waals surface area contributed by atoms with E-state index in [9.17, 15) is 4.79 Å². The van der Waals surface area contributed by atoms with Crippen LogP contribution in [0.4, 0.5) is 0 Å². The molecule has 8 nitrogen and oxygen atoms in total. The van der Waals surface area contributed by atoms with Crippen LogP contribution in [0.15, 0.2) is 24.4 Å². The van der Waals surface area contributed by atoms with Gasteiger partial charge in [0.25, 0.3) is 5.91 Å². The number of fused-ring (bicyclic) bond motifs is 2. The summed E-state index contributed by atoms with van der Waals surface area (Å²) in [7, 11) is 1.64. The third kappa shape index (κ3) is 3.65. The first-order chi connectivity index (χ1) is 14.0. The maximum absolute atomic E-state index is 13.2. The van der Waals surface area contributed by atoms with Crippen LogP contribution < -0.4 is 5.32 Å². The molecule has 0 aromatic carbocycles. The Kier molecular flexibility index (Phi) is 5.38. The number of ether oxygens (including phenoxy) is 2. The summed E-state index contributed by atoms with van der Waals surface area (Å²) in [4.78, 5) is 17.8. The van der Waals surface area contributed by atoms with Gasteiger partial charge in [-0.25, -0.2) is 4.98 Å². The van der Waals surface area contributed by atoms with E-state index < -0.39 is 0 Å². The number of hydrogen-bond donors (Lipinski definition) is 1. The number of nitrogens with zero attached hydrogens (tertiary/aromatic N) is 4. The zero-order valence-electron chi connectivity index (χ0n) is 17.3. The highest BCUT2D eigenvalue weighted by atomic mass is 16.5. The van der Waals surface area contributed by atoms with Crippen LogP contribution in [0.3, 0.4) is 0 Å². The molecular formula is C21H27N5O3. The lowest BCUT2D eigenvalue weighted by molar-refractivity contribution is -0.00716. The topological polar surface area (TPSA) is 82.7 Å². The van der Waals surface area contributed by atoms with E-state index in [-0.39, 0.29) is 18.1 Å². The number of aromatic nitrogens is 4. The minimum absolute atomic E-state index is 0.0464. The highest BCUT2D eigenvalue weighted by molar-refractivity contribution is 5.94. The summed E-state index contributed by atoms with van der Waals surface area (Å²) in [6, 6.07) is 5.87. The number of aryl methyl sites for hydroxylation is 1. The molecular weight excluding hydrogens is 370 g/mol. The van der Waals surface area contributed by atoms with Crippen molar-refractivity contribution in [3.63, 3.8) is 0 Å². The Morgan fingerprint density at radius 2 is 2.21 bits per heavy atom. The molecule has 1 N–H and O–H groups in total. The van der Waals surface area contributed by atoms with Crippen molar-refractivity contribution >= 4 is 11.6 Å². The van der Waals surface area contributed by atoms with Gasteiger partial charge in [0.15, 0.2) is 0 Å². The van der Waals surface area contributed by atoms with Crippen LogP contribution in [0, 0.1) is 6.92 Å². The lowest BCUT2D eigenvalue weighted by Gasteiger charge is -2.24. The third-order valence-electron chi connectivity index (χ3n) is 5.36. The predicted octanol–water partition coefficient (Wildman–Crippen LogP) is 2.44. The van der Waals surface area contributed by atoms with Gasteiger partial charge in [0.1, 0.15) is 11.3 Å². The van der Waals surface area contributed by atoms with E-state index in [4.69, 9.17) is 9.47 Å². The van der Waals surface area contributed by atoms with Crippen molar-refractivity contribution in [2.75, 3.05) is 13.7 Å². The molecule has 0 radical (unpaired) electrons. The molecule has 1 amide bonds. The van der Waals surface area contributed by atoms with Crippen LogP contribution in [0.5, 0.6) is 0 Å². The molecule has 0 aliphatic carbocycles. The molecule has 0 spiro atoms. The number of carbonyl (C=O) groups is 1. The second-order valence-electron chi connectivity index (χ2n) is 7.48. The van der Waals surface area contributed by atoms with Crippen molar-refractivity contribution in [3.8, 4) is 0 Å². The zero-order chi connectivity index (χ0) is 20.5. The van der Waals surface area contributed by atoms with Gasteiger partial charge in [-0.3, -0.25) is 9.48 Å². The number of methoxy groups -OCH3 is 1. The van der Waals surface area contributed by atoms with E-state index in [1.807, 2.05) is 49.6 Å². The molecule has 8 heteroatoms. The number of carbonyl (C=O) groups excluding carboxylic acids is 1. The standard InChI is InChI=1S/C21H27N5O3/c1-13-11-16-19(15(3)29-13)24-26(9-10-28-4)20(16)21(27)22-12-17-14(2)23-18-7-5-6-8-25(17)18/h5-8,13,15H,9-12H2,1-4H3,(H,22,27)/t13-,15+/m0/s1. The Morgan fingerprint density at radius 3 is 3.00 bits per heavy atom. The molecule has 0 unspecified atom stereocenters. The van der Waals surface area contributed by atoms with Gasteiger partial charge < -0.3 is 19.2 Å². The van der Waals surface area contributed by atoms with Crippen molar-refractivity contribution in [2.45, 2.75) is 52.5 Å². The maximum Gasteiger partial charge on any atom is 0.270 e. The van der Waals surface area contributed by atoms with Crippen LogP contribution in [-0.4, -0.2) is 44.9 Å². The van der Waals surface area contributed by atoms with Crippen LogP contribution in [0.1, 0.15) is 53.1 Å². The van der Waals surface area contributed by atoms with E-state index in [0.29, 0.717) is 31.8 Å². The summed E-state index contributed by atoms with van der Waals surface area (Å²) in [5.74, 6) is -0.138. The van der Waals surface area contributed by atoms with Crippen LogP contribution in [0.2, 0.25) is 0 Å². The minimum atomic E-state index is -0.138. The molecule has 4 heterocycles. The van der Waals surface area contributed by atoms with Crippen molar-refractivity contribution in [3.05, 3.63) is 52.7 Å². The number of hydrogen-bond acceptors (Lipinski definition) is 5. The first-order valence-corrected chi connectivity index (χ1v) is 9.94. The molecule has 0 fully saturated rings. The van der Waals surface area contributed by atoms with Crippen molar-refractivity contribution in [1.29, 1.82) is 0 Å². The summed E-state index contributed by atoms with van der Waals surface area (Å²) < 4.78 is 14.9. The first kappa shape index (κ1) is 19.6. The third-order valence-corrected chi connectivity index (χ3v) is 5.36. The quantitative estimate of drug-likeness (QED) is 0.691. The smallest absolute Gasteiger partial charge is 0.270 e. The fourth-order valence-corrected chi connectivity index (χ4v) is 4.01. The second-order valence-corrected chi connectivity index (χ2v) is 7.48. The highest BCUT2D eigenvalue weighted by Gasteiger charge is 2.32. The van der Waals surface area contributed by atoms with Crippen LogP contribution in [-0.2, 0) is 29.0 Å². The number of imidazole rings is 1. The molecule has 3 aromatic heterocycles. The summed E-state index contributed by atoms with van der Waals surface area (Å²) in [5.41, 5.74) is 5.16. The zero-order valence-corrected chi connectivity index (χ0v) is 17.3. The average molecular weight is 397 g/mol. The molecule has 3 aromatic rings. The minimum Gasteiger partial charge on any atom is -0.383 e. The molecule has 1 aliphatic heterocycles. The number of pyridine rings is 1. The van der Waals surface area contributed by atoms with Crippen molar-refractivity contribution in [1.82, 2.24) is 24.5 Å². The molecule has 0 bridgehead atoms. The van der Waals surface area contributed by atoms with Gasteiger partial charge >= 0.3 is 0 Å². The van der Waals surface area contributed by atoms with Crippen LogP contribution >= 0.6 is 0 Å². The number of amides is 1. The molecule has 154 valence electrons.